The molecule has 2 unspecified atom stereocenters. The van der Waals surface area contributed by atoms with E-state index in [1.165, 1.54) is 31.3 Å². The SMILES string of the molecule is CC1=CC(C2CCC(CCO)CC2)=CC(C)C1O. The lowest BCUT2D eigenvalue weighted by Crippen LogP contribution is -2.24. The summed E-state index contributed by atoms with van der Waals surface area (Å²) in [6, 6.07) is 0. The molecule has 0 saturated heterocycles. The van der Waals surface area contributed by atoms with Gasteiger partial charge in [0.2, 0.25) is 0 Å². The van der Waals surface area contributed by atoms with Gasteiger partial charge in [-0.3, -0.25) is 0 Å². The Kier molecular flexibility index (Phi) is 4.63. The van der Waals surface area contributed by atoms with Gasteiger partial charge < -0.3 is 10.2 Å². The van der Waals surface area contributed by atoms with E-state index in [4.69, 9.17) is 5.11 Å². The van der Waals surface area contributed by atoms with Crippen molar-refractivity contribution >= 4 is 0 Å². The predicted octanol–water partition coefficient (Wildman–Crippen LogP) is 3.06. The molecule has 1 fully saturated rings. The average molecular weight is 250 g/mol. The second kappa shape index (κ2) is 6.03. The molecule has 2 rings (SSSR count). The van der Waals surface area contributed by atoms with Gasteiger partial charge in [0.05, 0.1) is 6.10 Å². The minimum Gasteiger partial charge on any atom is -0.396 e. The van der Waals surface area contributed by atoms with Gasteiger partial charge >= 0.3 is 0 Å². The monoisotopic (exact) mass is 250 g/mol. The second-order valence-corrected chi connectivity index (χ2v) is 6.09. The smallest absolute Gasteiger partial charge is 0.0810 e. The lowest BCUT2D eigenvalue weighted by Gasteiger charge is -2.32. The lowest BCUT2D eigenvalue weighted by molar-refractivity contribution is 0.168. The molecule has 0 radical (unpaired) electrons. The molecule has 102 valence electrons. The molecule has 2 atom stereocenters. The molecular formula is C16H26O2. The predicted molar refractivity (Wildman–Crippen MR) is 74.2 cm³/mol. The van der Waals surface area contributed by atoms with Crippen molar-refractivity contribution in [3.8, 4) is 0 Å². The fourth-order valence-corrected chi connectivity index (χ4v) is 3.43. The third kappa shape index (κ3) is 3.04. The minimum atomic E-state index is -0.292. The van der Waals surface area contributed by atoms with Gasteiger partial charge in [0.15, 0.2) is 0 Å². The Bertz CT molecular complexity index is 335. The summed E-state index contributed by atoms with van der Waals surface area (Å²) in [5.74, 6) is 1.65. The molecule has 0 aliphatic heterocycles. The molecule has 0 aromatic rings. The van der Waals surface area contributed by atoms with Gasteiger partial charge in [-0.2, -0.15) is 0 Å². The second-order valence-electron chi connectivity index (χ2n) is 6.09. The zero-order valence-corrected chi connectivity index (χ0v) is 11.6. The molecule has 18 heavy (non-hydrogen) atoms. The van der Waals surface area contributed by atoms with E-state index in [2.05, 4.69) is 19.1 Å². The maximum Gasteiger partial charge on any atom is 0.0810 e. The van der Waals surface area contributed by atoms with Crippen molar-refractivity contribution in [2.24, 2.45) is 17.8 Å². The van der Waals surface area contributed by atoms with Crippen LogP contribution >= 0.6 is 0 Å². The van der Waals surface area contributed by atoms with Crippen molar-refractivity contribution in [1.29, 1.82) is 0 Å². The van der Waals surface area contributed by atoms with Crippen molar-refractivity contribution in [3.63, 3.8) is 0 Å². The van der Waals surface area contributed by atoms with Gasteiger partial charge in [0.1, 0.15) is 0 Å². The van der Waals surface area contributed by atoms with Crippen LogP contribution < -0.4 is 0 Å². The summed E-state index contributed by atoms with van der Waals surface area (Å²) in [6.07, 6.45) is 10.1. The first-order valence-electron chi connectivity index (χ1n) is 7.30. The van der Waals surface area contributed by atoms with E-state index in [1.807, 2.05) is 6.92 Å². The van der Waals surface area contributed by atoms with Gasteiger partial charge in [-0.25, -0.2) is 0 Å². The van der Waals surface area contributed by atoms with Crippen LogP contribution in [0.2, 0.25) is 0 Å². The number of hydrogen-bond acceptors (Lipinski definition) is 2. The van der Waals surface area contributed by atoms with Crippen LogP contribution in [0.15, 0.2) is 23.3 Å². The normalized spacial score (nSPS) is 37.1. The molecule has 2 nitrogen and oxygen atoms in total. The summed E-state index contributed by atoms with van der Waals surface area (Å²) in [5, 5.41) is 18.9. The van der Waals surface area contributed by atoms with Gasteiger partial charge in [-0.05, 0) is 62.0 Å². The molecule has 2 N–H and O–H groups in total. The van der Waals surface area contributed by atoms with Crippen LogP contribution in [-0.2, 0) is 0 Å². The van der Waals surface area contributed by atoms with E-state index >= 15 is 0 Å². The van der Waals surface area contributed by atoms with Gasteiger partial charge in [0, 0.05) is 12.5 Å². The Balaban J connectivity index is 1.96. The molecular weight excluding hydrogens is 224 g/mol. The average Bonchev–Trinajstić information content (AvgIpc) is 2.37. The summed E-state index contributed by atoms with van der Waals surface area (Å²) in [7, 11) is 0. The van der Waals surface area contributed by atoms with E-state index < -0.39 is 0 Å². The molecule has 2 aliphatic rings. The highest BCUT2D eigenvalue weighted by molar-refractivity contribution is 5.33. The molecule has 0 amide bonds. The van der Waals surface area contributed by atoms with Crippen molar-refractivity contribution in [3.05, 3.63) is 23.3 Å². The highest BCUT2D eigenvalue weighted by Gasteiger charge is 2.26. The van der Waals surface area contributed by atoms with Crippen LogP contribution in [0.3, 0.4) is 0 Å². The van der Waals surface area contributed by atoms with Gasteiger partial charge in [0.25, 0.3) is 0 Å². The number of hydrogen-bond donors (Lipinski definition) is 2. The van der Waals surface area contributed by atoms with E-state index in [1.54, 1.807) is 0 Å². The molecule has 1 saturated carbocycles. The number of aliphatic hydroxyl groups excluding tert-OH is 2. The molecule has 0 bridgehead atoms. The molecule has 2 aliphatic carbocycles. The zero-order valence-electron chi connectivity index (χ0n) is 11.6. The Morgan fingerprint density at radius 1 is 1.22 bits per heavy atom. The topological polar surface area (TPSA) is 40.5 Å². The zero-order chi connectivity index (χ0) is 13.1. The highest BCUT2D eigenvalue weighted by Crippen LogP contribution is 2.38. The van der Waals surface area contributed by atoms with Crippen LogP contribution in [0.5, 0.6) is 0 Å². The summed E-state index contributed by atoms with van der Waals surface area (Å²) in [6.45, 7) is 4.46. The van der Waals surface area contributed by atoms with E-state index in [0.29, 0.717) is 12.5 Å². The van der Waals surface area contributed by atoms with Crippen LogP contribution in [0.1, 0.15) is 46.0 Å². The highest BCUT2D eigenvalue weighted by atomic mass is 16.3. The van der Waals surface area contributed by atoms with Crippen molar-refractivity contribution in [2.45, 2.75) is 52.1 Å². The first kappa shape index (κ1) is 13.8. The van der Waals surface area contributed by atoms with Crippen molar-refractivity contribution in [2.75, 3.05) is 6.61 Å². The lowest BCUT2D eigenvalue weighted by atomic mass is 9.74. The number of rotatable bonds is 3. The third-order valence-electron chi connectivity index (χ3n) is 4.67. The van der Waals surface area contributed by atoms with E-state index in [9.17, 15) is 5.11 Å². The van der Waals surface area contributed by atoms with Crippen LogP contribution in [0, 0.1) is 17.8 Å². The van der Waals surface area contributed by atoms with Gasteiger partial charge in [-0.15, -0.1) is 0 Å². The molecule has 0 spiro atoms. The minimum absolute atomic E-state index is 0.250. The quantitative estimate of drug-likeness (QED) is 0.808. The van der Waals surface area contributed by atoms with Crippen molar-refractivity contribution in [1.82, 2.24) is 0 Å². The number of allylic oxidation sites excluding steroid dienone is 2. The summed E-state index contributed by atoms with van der Waals surface area (Å²) in [5.41, 5.74) is 2.55. The summed E-state index contributed by atoms with van der Waals surface area (Å²) >= 11 is 0. The number of aliphatic hydroxyl groups is 2. The molecule has 0 aromatic heterocycles. The third-order valence-corrected chi connectivity index (χ3v) is 4.67. The standard InChI is InChI=1S/C16H26O2/c1-11-9-15(10-12(2)16(11)18)14-5-3-13(4-6-14)7-8-17/h9-11,13-14,16-18H,3-8H2,1-2H3. The maximum atomic E-state index is 9.93. The van der Waals surface area contributed by atoms with Crippen LogP contribution in [0.25, 0.3) is 0 Å². The van der Waals surface area contributed by atoms with Gasteiger partial charge in [-0.1, -0.05) is 19.1 Å². The Labute approximate surface area is 110 Å². The fourth-order valence-electron chi connectivity index (χ4n) is 3.43. The first-order chi connectivity index (χ1) is 8.61. The van der Waals surface area contributed by atoms with E-state index in [0.717, 1.165) is 17.9 Å². The molecule has 0 aromatic carbocycles. The fraction of sp³-hybridized carbons (Fsp3) is 0.750. The Morgan fingerprint density at radius 2 is 1.89 bits per heavy atom. The Hall–Kier alpha value is -0.600. The molecule has 0 heterocycles. The Morgan fingerprint density at radius 3 is 2.44 bits per heavy atom. The summed E-state index contributed by atoms with van der Waals surface area (Å²) < 4.78 is 0. The molecule has 2 heteroatoms. The maximum absolute atomic E-state index is 9.93. The van der Waals surface area contributed by atoms with E-state index in [-0.39, 0.29) is 12.0 Å². The largest absolute Gasteiger partial charge is 0.396 e. The first-order valence-corrected chi connectivity index (χ1v) is 7.30. The summed E-state index contributed by atoms with van der Waals surface area (Å²) in [4.78, 5) is 0. The van der Waals surface area contributed by atoms with Crippen LogP contribution in [-0.4, -0.2) is 22.9 Å². The van der Waals surface area contributed by atoms with Crippen LogP contribution in [0.4, 0.5) is 0 Å². The van der Waals surface area contributed by atoms with Crippen molar-refractivity contribution < 1.29 is 10.2 Å².